The highest BCUT2D eigenvalue weighted by molar-refractivity contribution is 6.17. The Labute approximate surface area is 209 Å². The van der Waals surface area contributed by atoms with Gasteiger partial charge in [-0.05, 0) is 87.2 Å². The molecule has 0 aromatic rings. The molecule has 1 amide bonds. The predicted molar refractivity (Wildman–Crippen MR) is 133 cm³/mol. The maximum atomic E-state index is 13.9. The van der Waals surface area contributed by atoms with Crippen LogP contribution in [0.15, 0.2) is 23.3 Å². The molecule has 34 heavy (non-hydrogen) atoms. The monoisotopic (exact) mass is 489 g/mol. The van der Waals surface area contributed by atoms with Crippen LogP contribution in [0.1, 0.15) is 79.1 Å². The summed E-state index contributed by atoms with van der Waals surface area (Å²) < 4.78 is 6.25. The molecular weight excluding hydrogens is 450 g/mol. The maximum Gasteiger partial charge on any atom is 0.306 e. The van der Waals surface area contributed by atoms with Crippen LogP contribution < -0.4 is 0 Å². The van der Waals surface area contributed by atoms with Crippen LogP contribution >= 0.6 is 11.6 Å². The van der Waals surface area contributed by atoms with Gasteiger partial charge in [-0.1, -0.05) is 25.5 Å². The van der Waals surface area contributed by atoms with Crippen molar-refractivity contribution in [2.75, 3.05) is 19.5 Å². The van der Waals surface area contributed by atoms with Gasteiger partial charge in [0.2, 0.25) is 0 Å². The van der Waals surface area contributed by atoms with Crippen molar-refractivity contribution in [3.05, 3.63) is 23.3 Å². The summed E-state index contributed by atoms with van der Waals surface area (Å²) in [5.74, 6) is 1.26. The predicted octanol–water partition coefficient (Wildman–Crippen LogP) is 5.46. The number of ketones is 1. The second-order valence-electron chi connectivity index (χ2n) is 11.5. The number of esters is 1. The Bertz CT molecular complexity index is 941. The minimum atomic E-state index is -1.13. The molecule has 3 unspecified atom stereocenters. The minimum Gasteiger partial charge on any atom is -0.448 e. The van der Waals surface area contributed by atoms with E-state index in [1.54, 1.807) is 11.9 Å². The molecule has 0 saturated heterocycles. The van der Waals surface area contributed by atoms with Crippen molar-refractivity contribution in [1.82, 2.24) is 4.90 Å². The Balaban J connectivity index is 1.74. The normalized spacial score (nSPS) is 38.8. The van der Waals surface area contributed by atoms with Crippen molar-refractivity contribution in [3.8, 4) is 0 Å². The fraction of sp³-hybridized carbons (Fsp3) is 0.750. The molecule has 4 aliphatic carbocycles. The smallest absolute Gasteiger partial charge is 0.306 e. The number of nitrogens with zero attached hydrogens (tertiary/aromatic N) is 1. The van der Waals surface area contributed by atoms with Crippen molar-refractivity contribution in [2.45, 2.75) is 84.7 Å². The van der Waals surface area contributed by atoms with Crippen LogP contribution in [-0.2, 0) is 19.1 Å². The molecular formula is C28H40ClNO4. The number of rotatable bonds is 6. The maximum absolute atomic E-state index is 13.9. The SMILES string of the molecule is CCN(C)C(=O)[C@@]1(OC(=O)CCCCl)CCC2C3C=C(C)C4=CC(=O)CC[C@]4(C)C3CC[C@@]21C. The lowest BCUT2D eigenvalue weighted by molar-refractivity contribution is -0.194. The average Bonchev–Trinajstić information content (AvgIpc) is 3.11. The summed E-state index contributed by atoms with van der Waals surface area (Å²) in [6.45, 7) is 9.20. The van der Waals surface area contributed by atoms with Crippen molar-refractivity contribution < 1.29 is 19.1 Å². The van der Waals surface area contributed by atoms with Crippen LogP contribution in [0.4, 0.5) is 0 Å². The molecule has 0 aromatic carbocycles. The van der Waals surface area contributed by atoms with Gasteiger partial charge in [-0.15, -0.1) is 11.6 Å². The minimum absolute atomic E-state index is 0.00870. The third-order valence-electron chi connectivity index (χ3n) is 9.92. The number of carbonyl (C=O) groups excluding carboxylic acids is 3. The number of likely N-dealkylation sites (N-methyl/N-ethyl adjacent to an activating group) is 1. The van der Waals surface area contributed by atoms with E-state index in [-0.39, 0.29) is 35.4 Å². The zero-order chi connectivity index (χ0) is 24.9. The summed E-state index contributed by atoms with van der Waals surface area (Å²) in [6.07, 6.45) is 9.79. The van der Waals surface area contributed by atoms with Gasteiger partial charge in [0, 0.05) is 37.7 Å². The Morgan fingerprint density at radius 3 is 2.56 bits per heavy atom. The standard InChI is InChI=1S/C28H40ClNO4/c1-6-30(5)25(33)28(34-24(32)8-7-15-29)14-11-22-20-16-18(2)23-17-19(31)9-12-26(23,3)21(20)10-13-27(22,28)4/h16-17,20-22H,6-15H2,1-5H3/t20?,21?,22?,26-,27+,28+/m1/s1. The summed E-state index contributed by atoms with van der Waals surface area (Å²) in [7, 11) is 1.81. The van der Waals surface area contributed by atoms with E-state index in [1.165, 1.54) is 11.1 Å². The van der Waals surface area contributed by atoms with Crippen molar-refractivity contribution >= 4 is 29.3 Å². The Morgan fingerprint density at radius 1 is 1.18 bits per heavy atom. The van der Waals surface area contributed by atoms with E-state index in [2.05, 4.69) is 26.8 Å². The van der Waals surface area contributed by atoms with E-state index in [0.717, 1.165) is 25.7 Å². The lowest BCUT2D eigenvalue weighted by Gasteiger charge is -2.58. The molecule has 4 aliphatic rings. The first kappa shape index (κ1) is 25.5. The fourth-order valence-corrected chi connectivity index (χ4v) is 8.02. The van der Waals surface area contributed by atoms with Gasteiger partial charge < -0.3 is 9.64 Å². The summed E-state index contributed by atoms with van der Waals surface area (Å²) >= 11 is 5.82. The molecule has 0 radical (unpaired) electrons. The van der Waals surface area contributed by atoms with Crippen LogP contribution in [0.3, 0.4) is 0 Å². The highest BCUT2D eigenvalue weighted by Gasteiger charge is 2.69. The molecule has 188 valence electrons. The lowest BCUT2D eigenvalue weighted by atomic mass is 9.47. The molecule has 0 aromatic heterocycles. The van der Waals surface area contributed by atoms with Crippen LogP contribution in [0.2, 0.25) is 0 Å². The van der Waals surface area contributed by atoms with Gasteiger partial charge in [0.1, 0.15) is 0 Å². The van der Waals surface area contributed by atoms with E-state index in [1.807, 2.05) is 13.0 Å². The van der Waals surface area contributed by atoms with Gasteiger partial charge in [-0.25, -0.2) is 0 Å². The third-order valence-corrected chi connectivity index (χ3v) is 10.2. The molecule has 2 saturated carbocycles. The fourth-order valence-electron chi connectivity index (χ4n) is 7.89. The van der Waals surface area contributed by atoms with E-state index in [0.29, 0.717) is 43.5 Å². The van der Waals surface area contributed by atoms with E-state index in [4.69, 9.17) is 16.3 Å². The van der Waals surface area contributed by atoms with Crippen LogP contribution in [0, 0.1) is 28.6 Å². The second-order valence-corrected chi connectivity index (χ2v) is 11.9. The van der Waals surface area contributed by atoms with E-state index in [9.17, 15) is 14.4 Å². The largest absolute Gasteiger partial charge is 0.448 e. The zero-order valence-electron chi connectivity index (χ0n) is 21.4. The topological polar surface area (TPSA) is 63.7 Å². The zero-order valence-corrected chi connectivity index (χ0v) is 22.2. The summed E-state index contributed by atoms with van der Waals surface area (Å²) in [5.41, 5.74) is 0.856. The molecule has 0 bridgehead atoms. The number of allylic oxidation sites excluding steroid dienone is 4. The van der Waals surface area contributed by atoms with Gasteiger partial charge in [0.05, 0.1) is 0 Å². The van der Waals surface area contributed by atoms with Crippen LogP contribution in [0.5, 0.6) is 0 Å². The number of fused-ring (bicyclic) bond motifs is 5. The Kier molecular flexibility index (Phi) is 6.83. The van der Waals surface area contributed by atoms with E-state index < -0.39 is 11.0 Å². The third kappa shape index (κ3) is 3.68. The number of hydrogen-bond donors (Lipinski definition) is 0. The molecule has 0 heterocycles. The van der Waals surface area contributed by atoms with Gasteiger partial charge >= 0.3 is 5.97 Å². The highest BCUT2D eigenvalue weighted by Crippen LogP contribution is 2.68. The molecule has 0 N–H and O–H groups in total. The molecule has 6 atom stereocenters. The summed E-state index contributed by atoms with van der Waals surface area (Å²) in [6, 6.07) is 0. The molecule has 5 nitrogen and oxygen atoms in total. The summed E-state index contributed by atoms with van der Waals surface area (Å²) in [4.78, 5) is 40.7. The first-order valence-corrected chi connectivity index (χ1v) is 13.5. The van der Waals surface area contributed by atoms with Gasteiger partial charge in [-0.3, -0.25) is 14.4 Å². The van der Waals surface area contributed by atoms with Crippen molar-refractivity contribution in [3.63, 3.8) is 0 Å². The van der Waals surface area contributed by atoms with E-state index >= 15 is 0 Å². The number of hydrogen-bond acceptors (Lipinski definition) is 4. The number of ether oxygens (including phenoxy) is 1. The number of amides is 1. The molecule has 6 heteroatoms. The summed E-state index contributed by atoms with van der Waals surface area (Å²) in [5, 5.41) is 0. The lowest BCUT2D eigenvalue weighted by Crippen LogP contribution is -2.61. The average molecular weight is 490 g/mol. The quantitative estimate of drug-likeness (QED) is 0.367. The Morgan fingerprint density at radius 2 is 1.88 bits per heavy atom. The number of alkyl halides is 1. The molecule has 0 spiro atoms. The first-order chi connectivity index (χ1) is 16.0. The Hall–Kier alpha value is -1.62. The van der Waals surface area contributed by atoms with Gasteiger partial charge in [-0.2, -0.15) is 0 Å². The number of halogens is 1. The van der Waals surface area contributed by atoms with Crippen LogP contribution in [-0.4, -0.2) is 47.6 Å². The second kappa shape index (κ2) is 9.11. The van der Waals surface area contributed by atoms with Crippen LogP contribution in [0.25, 0.3) is 0 Å². The highest BCUT2D eigenvalue weighted by atomic mass is 35.5. The molecule has 0 aliphatic heterocycles. The van der Waals surface area contributed by atoms with Gasteiger partial charge in [0.25, 0.3) is 5.91 Å². The van der Waals surface area contributed by atoms with Crippen molar-refractivity contribution in [2.24, 2.45) is 28.6 Å². The van der Waals surface area contributed by atoms with Gasteiger partial charge in [0.15, 0.2) is 11.4 Å². The number of carbonyl (C=O) groups is 3. The van der Waals surface area contributed by atoms with Crippen molar-refractivity contribution in [1.29, 1.82) is 0 Å². The molecule has 4 rings (SSSR count). The molecule has 2 fully saturated rings. The first-order valence-electron chi connectivity index (χ1n) is 13.0.